The van der Waals surface area contributed by atoms with Crippen LogP contribution in [0.15, 0.2) is 61.2 Å². The molecule has 0 aliphatic rings. The van der Waals surface area contributed by atoms with Crippen LogP contribution in [-0.4, -0.2) is 41.3 Å². The first-order chi connectivity index (χ1) is 13.5. The second kappa shape index (κ2) is 10.9. The van der Waals surface area contributed by atoms with E-state index in [0.717, 1.165) is 11.6 Å². The number of carbonyl (C=O) groups is 2. The maximum absolute atomic E-state index is 12.2. The van der Waals surface area contributed by atoms with Crippen LogP contribution in [0.5, 0.6) is 5.75 Å². The zero-order chi connectivity index (χ0) is 20.4. The second-order valence-electron chi connectivity index (χ2n) is 6.12. The van der Waals surface area contributed by atoms with Crippen molar-refractivity contribution < 1.29 is 24.5 Å². The average molecular weight is 384 g/mol. The van der Waals surface area contributed by atoms with Gasteiger partial charge < -0.3 is 25.6 Å². The van der Waals surface area contributed by atoms with E-state index in [9.17, 15) is 19.8 Å². The van der Waals surface area contributed by atoms with E-state index in [-0.39, 0.29) is 24.5 Å². The smallest absolute Gasteiger partial charge is 0.255 e. The normalized spacial score (nSPS) is 11.5. The number of aromatic hydroxyl groups is 1. The summed E-state index contributed by atoms with van der Waals surface area (Å²) in [5.41, 5.74) is 1.40. The summed E-state index contributed by atoms with van der Waals surface area (Å²) in [6.45, 7) is 4.11. The quantitative estimate of drug-likeness (QED) is 0.371. The number of phenolic OH excluding ortho intramolecular Hbond substituents is 1. The molecule has 28 heavy (non-hydrogen) atoms. The summed E-state index contributed by atoms with van der Waals surface area (Å²) in [6, 6.07) is 13.8. The minimum atomic E-state index is -0.726. The van der Waals surface area contributed by atoms with Gasteiger partial charge >= 0.3 is 0 Å². The minimum absolute atomic E-state index is 0.0247. The Balaban J connectivity index is 1.76. The molecular weight excluding hydrogens is 360 g/mol. The number of carbonyl (C=O) groups excluding carboxylic acids is 2. The predicted octanol–water partition coefficient (Wildman–Crippen LogP) is 2.21. The molecule has 0 saturated carbocycles. The number of phenols is 1. The first kappa shape index (κ1) is 21.1. The van der Waals surface area contributed by atoms with Crippen molar-refractivity contribution in [3.63, 3.8) is 0 Å². The van der Waals surface area contributed by atoms with Crippen molar-refractivity contribution in [3.8, 4) is 5.75 Å². The number of aliphatic hydroxyl groups is 1. The van der Waals surface area contributed by atoms with E-state index in [0.29, 0.717) is 18.7 Å². The van der Waals surface area contributed by atoms with Gasteiger partial charge in [-0.25, -0.2) is 0 Å². The summed E-state index contributed by atoms with van der Waals surface area (Å²) in [5, 5.41) is 25.0. The molecule has 2 aromatic rings. The van der Waals surface area contributed by atoms with E-state index in [4.69, 9.17) is 4.74 Å². The molecule has 7 heteroatoms. The van der Waals surface area contributed by atoms with E-state index >= 15 is 0 Å². The van der Waals surface area contributed by atoms with Crippen LogP contribution in [0, 0.1) is 0 Å². The molecule has 148 valence electrons. The molecule has 0 saturated heterocycles. The van der Waals surface area contributed by atoms with Crippen molar-refractivity contribution >= 4 is 17.5 Å². The maximum Gasteiger partial charge on any atom is 0.255 e. The van der Waals surface area contributed by atoms with Crippen LogP contribution >= 0.6 is 0 Å². The Kier molecular flexibility index (Phi) is 8.20. The predicted molar refractivity (Wildman–Crippen MR) is 106 cm³/mol. The molecule has 4 N–H and O–H groups in total. The third-order valence-electron chi connectivity index (χ3n) is 3.88. The highest BCUT2D eigenvalue weighted by molar-refractivity contribution is 6.01. The SMILES string of the molecule is C=CC(=O)Nc1ccc(O)c(C(=O)NCC[C@H](O)COCc2ccccc2)c1. The summed E-state index contributed by atoms with van der Waals surface area (Å²) >= 11 is 0. The number of hydrogen-bond donors (Lipinski definition) is 4. The number of anilines is 1. The number of nitrogens with one attached hydrogen (secondary N) is 2. The van der Waals surface area contributed by atoms with Gasteiger partial charge in [0.2, 0.25) is 5.91 Å². The zero-order valence-electron chi connectivity index (χ0n) is 15.4. The molecule has 7 nitrogen and oxygen atoms in total. The summed E-state index contributed by atoms with van der Waals surface area (Å²) in [4.78, 5) is 23.6. The lowest BCUT2D eigenvalue weighted by molar-refractivity contribution is -0.111. The molecule has 2 amide bonds. The molecule has 0 bridgehead atoms. The van der Waals surface area contributed by atoms with Crippen molar-refractivity contribution in [1.29, 1.82) is 0 Å². The third-order valence-corrected chi connectivity index (χ3v) is 3.88. The molecule has 2 rings (SSSR count). The van der Waals surface area contributed by atoms with Crippen molar-refractivity contribution in [2.24, 2.45) is 0 Å². The van der Waals surface area contributed by atoms with E-state index < -0.39 is 17.9 Å². The first-order valence-electron chi connectivity index (χ1n) is 8.84. The second-order valence-corrected chi connectivity index (χ2v) is 6.12. The number of aliphatic hydroxyl groups excluding tert-OH is 1. The first-order valence-corrected chi connectivity index (χ1v) is 8.84. The van der Waals surface area contributed by atoms with Crippen LogP contribution in [0.2, 0.25) is 0 Å². The number of amides is 2. The molecule has 0 unspecified atom stereocenters. The van der Waals surface area contributed by atoms with Crippen LogP contribution in [0.4, 0.5) is 5.69 Å². The highest BCUT2D eigenvalue weighted by atomic mass is 16.5. The fourth-order valence-electron chi connectivity index (χ4n) is 2.41. The number of ether oxygens (including phenoxy) is 1. The lowest BCUT2D eigenvalue weighted by atomic mass is 10.1. The monoisotopic (exact) mass is 384 g/mol. The molecule has 0 aromatic heterocycles. The third kappa shape index (κ3) is 6.86. The lowest BCUT2D eigenvalue weighted by Gasteiger charge is -2.13. The summed E-state index contributed by atoms with van der Waals surface area (Å²) in [7, 11) is 0. The Bertz CT molecular complexity index is 808. The molecule has 0 heterocycles. The van der Waals surface area contributed by atoms with Gasteiger partial charge in [0.1, 0.15) is 5.75 Å². The topological polar surface area (TPSA) is 108 Å². The Hall–Kier alpha value is -3.16. The largest absolute Gasteiger partial charge is 0.507 e. The fraction of sp³-hybridized carbons (Fsp3) is 0.238. The van der Waals surface area contributed by atoms with E-state index in [1.807, 2.05) is 30.3 Å². The van der Waals surface area contributed by atoms with Gasteiger partial charge in [0, 0.05) is 12.2 Å². The van der Waals surface area contributed by atoms with E-state index in [2.05, 4.69) is 17.2 Å². The Labute approximate surface area is 163 Å². The fourth-order valence-corrected chi connectivity index (χ4v) is 2.41. The van der Waals surface area contributed by atoms with Crippen LogP contribution in [0.3, 0.4) is 0 Å². The average Bonchev–Trinajstić information content (AvgIpc) is 2.70. The summed E-state index contributed by atoms with van der Waals surface area (Å²) in [5.74, 6) is -1.14. The van der Waals surface area contributed by atoms with E-state index in [1.165, 1.54) is 18.2 Å². The summed E-state index contributed by atoms with van der Waals surface area (Å²) < 4.78 is 5.46. The van der Waals surface area contributed by atoms with Crippen LogP contribution < -0.4 is 10.6 Å². The highest BCUT2D eigenvalue weighted by Gasteiger charge is 2.13. The lowest BCUT2D eigenvalue weighted by Crippen LogP contribution is -2.28. The van der Waals surface area contributed by atoms with Gasteiger partial charge in [0.25, 0.3) is 5.91 Å². The van der Waals surface area contributed by atoms with Crippen LogP contribution in [0.25, 0.3) is 0 Å². The van der Waals surface area contributed by atoms with Crippen LogP contribution in [-0.2, 0) is 16.1 Å². The van der Waals surface area contributed by atoms with Crippen molar-refractivity contribution in [2.75, 3.05) is 18.5 Å². The van der Waals surface area contributed by atoms with Gasteiger partial charge in [-0.3, -0.25) is 9.59 Å². The number of hydrogen-bond acceptors (Lipinski definition) is 5. The van der Waals surface area contributed by atoms with Crippen molar-refractivity contribution in [1.82, 2.24) is 5.32 Å². The standard InChI is InChI=1S/C21H24N2O5/c1-2-20(26)23-16-8-9-19(25)18(12-16)21(27)22-11-10-17(24)14-28-13-15-6-4-3-5-7-15/h2-9,12,17,24-25H,1,10-11,13-14H2,(H,22,27)(H,23,26)/t17-/m0/s1. The van der Waals surface area contributed by atoms with Gasteiger partial charge in [0.15, 0.2) is 0 Å². The number of benzene rings is 2. The van der Waals surface area contributed by atoms with Crippen LogP contribution in [0.1, 0.15) is 22.3 Å². The molecule has 0 spiro atoms. The minimum Gasteiger partial charge on any atom is -0.507 e. The highest BCUT2D eigenvalue weighted by Crippen LogP contribution is 2.21. The van der Waals surface area contributed by atoms with E-state index in [1.54, 1.807) is 0 Å². The van der Waals surface area contributed by atoms with Gasteiger partial charge in [-0.1, -0.05) is 36.9 Å². The van der Waals surface area contributed by atoms with Gasteiger partial charge in [-0.05, 0) is 36.3 Å². The van der Waals surface area contributed by atoms with Gasteiger partial charge in [-0.15, -0.1) is 0 Å². The summed E-state index contributed by atoms with van der Waals surface area (Å²) in [6.07, 6.45) is 0.679. The van der Waals surface area contributed by atoms with Gasteiger partial charge in [-0.2, -0.15) is 0 Å². The molecule has 2 aromatic carbocycles. The maximum atomic E-state index is 12.2. The Morgan fingerprint density at radius 1 is 1.18 bits per heavy atom. The molecule has 1 atom stereocenters. The van der Waals surface area contributed by atoms with Gasteiger partial charge in [0.05, 0.1) is 24.9 Å². The molecule has 0 fully saturated rings. The Morgan fingerprint density at radius 2 is 1.93 bits per heavy atom. The Morgan fingerprint density at radius 3 is 2.64 bits per heavy atom. The molecule has 0 aliphatic carbocycles. The van der Waals surface area contributed by atoms with Crippen molar-refractivity contribution in [3.05, 3.63) is 72.3 Å². The molecule has 0 aliphatic heterocycles. The molecule has 0 radical (unpaired) electrons. The van der Waals surface area contributed by atoms with Crippen molar-refractivity contribution in [2.45, 2.75) is 19.1 Å². The molecular formula is C21H24N2O5. The number of rotatable bonds is 10. The zero-order valence-corrected chi connectivity index (χ0v) is 15.4.